The van der Waals surface area contributed by atoms with Gasteiger partial charge in [0.1, 0.15) is 0 Å². The molecule has 0 spiro atoms. The molecule has 1 rings (SSSR count). The highest BCUT2D eigenvalue weighted by molar-refractivity contribution is 5.78. The first-order valence-electron chi connectivity index (χ1n) is 5.11. The second-order valence-electron chi connectivity index (χ2n) is 3.77. The standard InChI is InChI=1S/C10H18N4O/c1-8(6-11)10(15)13-9(2)7-14-5-3-4-12-14/h3-5,8-9H,6-7,11H2,1-2H3,(H,13,15). The Hall–Kier alpha value is -1.36. The molecule has 5 heteroatoms. The lowest BCUT2D eigenvalue weighted by atomic mass is 10.1. The van der Waals surface area contributed by atoms with Gasteiger partial charge >= 0.3 is 0 Å². The highest BCUT2D eigenvalue weighted by Crippen LogP contribution is 1.95. The fourth-order valence-corrected chi connectivity index (χ4v) is 1.23. The molecule has 0 radical (unpaired) electrons. The summed E-state index contributed by atoms with van der Waals surface area (Å²) >= 11 is 0. The van der Waals surface area contributed by atoms with Gasteiger partial charge in [-0.05, 0) is 13.0 Å². The van der Waals surface area contributed by atoms with Gasteiger partial charge in [0.25, 0.3) is 0 Å². The van der Waals surface area contributed by atoms with Crippen LogP contribution in [0.3, 0.4) is 0 Å². The quantitative estimate of drug-likeness (QED) is 0.717. The number of aromatic nitrogens is 2. The monoisotopic (exact) mass is 210 g/mol. The highest BCUT2D eigenvalue weighted by atomic mass is 16.1. The van der Waals surface area contributed by atoms with Crippen molar-refractivity contribution in [3.63, 3.8) is 0 Å². The van der Waals surface area contributed by atoms with Crippen molar-refractivity contribution in [2.24, 2.45) is 11.7 Å². The van der Waals surface area contributed by atoms with Gasteiger partial charge in [0.2, 0.25) is 5.91 Å². The number of hydrogen-bond acceptors (Lipinski definition) is 3. The molecule has 2 atom stereocenters. The summed E-state index contributed by atoms with van der Waals surface area (Å²) in [6, 6.07) is 1.92. The Bertz CT molecular complexity index is 296. The second kappa shape index (κ2) is 5.50. The summed E-state index contributed by atoms with van der Waals surface area (Å²) < 4.78 is 1.79. The number of amides is 1. The first-order chi connectivity index (χ1) is 7.13. The number of nitrogens with two attached hydrogens (primary N) is 1. The van der Waals surface area contributed by atoms with Crippen molar-refractivity contribution in [3.05, 3.63) is 18.5 Å². The summed E-state index contributed by atoms with van der Waals surface area (Å²) in [7, 11) is 0. The zero-order valence-electron chi connectivity index (χ0n) is 9.18. The lowest BCUT2D eigenvalue weighted by Gasteiger charge is -2.16. The third-order valence-electron chi connectivity index (χ3n) is 2.21. The van der Waals surface area contributed by atoms with Crippen LogP contribution in [0.5, 0.6) is 0 Å². The first kappa shape index (κ1) is 11.7. The minimum absolute atomic E-state index is 0.00263. The smallest absolute Gasteiger partial charge is 0.224 e. The van der Waals surface area contributed by atoms with Crippen LogP contribution in [0.2, 0.25) is 0 Å². The topological polar surface area (TPSA) is 72.9 Å². The van der Waals surface area contributed by atoms with Crippen LogP contribution in [0, 0.1) is 5.92 Å². The van der Waals surface area contributed by atoms with E-state index in [0.717, 1.165) is 0 Å². The Labute approximate surface area is 89.6 Å². The molecule has 0 aliphatic heterocycles. The Kier molecular flexibility index (Phi) is 4.30. The number of carbonyl (C=O) groups is 1. The van der Waals surface area contributed by atoms with Crippen LogP contribution in [0.1, 0.15) is 13.8 Å². The van der Waals surface area contributed by atoms with Gasteiger partial charge in [-0.3, -0.25) is 9.48 Å². The van der Waals surface area contributed by atoms with Gasteiger partial charge in [-0.15, -0.1) is 0 Å². The number of rotatable bonds is 5. The lowest BCUT2D eigenvalue weighted by Crippen LogP contribution is -2.40. The molecule has 0 saturated carbocycles. The highest BCUT2D eigenvalue weighted by Gasteiger charge is 2.13. The van der Waals surface area contributed by atoms with Crippen molar-refractivity contribution in [3.8, 4) is 0 Å². The molecule has 0 saturated heterocycles. The summed E-state index contributed by atoms with van der Waals surface area (Å²) in [6.45, 7) is 4.81. The average Bonchev–Trinajstić information content (AvgIpc) is 2.68. The molecule has 1 aromatic heterocycles. The van der Waals surface area contributed by atoms with E-state index >= 15 is 0 Å². The van der Waals surface area contributed by atoms with Crippen molar-refractivity contribution >= 4 is 5.91 Å². The number of nitrogens with one attached hydrogen (secondary N) is 1. The van der Waals surface area contributed by atoms with E-state index in [1.165, 1.54) is 0 Å². The maximum absolute atomic E-state index is 11.5. The Balaban J connectivity index is 2.36. The summed E-state index contributed by atoms with van der Waals surface area (Å²) in [5.41, 5.74) is 5.41. The van der Waals surface area contributed by atoms with E-state index in [0.29, 0.717) is 13.1 Å². The molecule has 0 aromatic carbocycles. The lowest BCUT2D eigenvalue weighted by molar-refractivity contribution is -0.124. The predicted molar refractivity (Wildman–Crippen MR) is 58.1 cm³/mol. The van der Waals surface area contributed by atoms with Crippen LogP contribution in [0.25, 0.3) is 0 Å². The van der Waals surface area contributed by atoms with E-state index in [-0.39, 0.29) is 17.9 Å². The number of carbonyl (C=O) groups excluding carboxylic acids is 1. The van der Waals surface area contributed by atoms with Gasteiger partial charge in [0.15, 0.2) is 0 Å². The third kappa shape index (κ3) is 3.71. The predicted octanol–water partition coefficient (Wildman–Crippen LogP) is -0.0174. The van der Waals surface area contributed by atoms with Crippen molar-refractivity contribution in [2.45, 2.75) is 26.4 Å². The summed E-state index contributed by atoms with van der Waals surface area (Å²) in [5, 5.41) is 6.96. The molecule has 3 N–H and O–H groups in total. The third-order valence-corrected chi connectivity index (χ3v) is 2.21. The fraction of sp³-hybridized carbons (Fsp3) is 0.600. The molecule has 5 nitrogen and oxygen atoms in total. The molecule has 0 fully saturated rings. The van der Waals surface area contributed by atoms with Crippen LogP contribution in [0.4, 0.5) is 0 Å². The van der Waals surface area contributed by atoms with E-state index < -0.39 is 0 Å². The minimum Gasteiger partial charge on any atom is -0.352 e. The van der Waals surface area contributed by atoms with Gasteiger partial charge in [-0.2, -0.15) is 5.10 Å². The van der Waals surface area contributed by atoms with Crippen LogP contribution in [-0.4, -0.2) is 28.3 Å². The molecule has 0 bridgehead atoms. The van der Waals surface area contributed by atoms with Crippen LogP contribution in [-0.2, 0) is 11.3 Å². The van der Waals surface area contributed by atoms with Gasteiger partial charge < -0.3 is 11.1 Å². The van der Waals surface area contributed by atoms with Crippen LogP contribution < -0.4 is 11.1 Å². The van der Waals surface area contributed by atoms with E-state index in [9.17, 15) is 4.79 Å². The van der Waals surface area contributed by atoms with Crippen molar-refractivity contribution in [2.75, 3.05) is 6.54 Å². The molecule has 1 aromatic rings. The average molecular weight is 210 g/mol. The van der Waals surface area contributed by atoms with E-state index in [1.807, 2.05) is 26.1 Å². The van der Waals surface area contributed by atoms with Crippen molar-refractivity contribution in [1.29, 1.82) is 0 Å². The summed E-state index contributed by atoms with van der Waals surface area (Å²) in [4.78, 5) is 11.5. The molecule has 2 unspecified atom stereocenters. The van der Waals surface area contributed by atoms with Gasteiger partial charge in [-0.25, -0.2) is 0 Å². The van der Waals surface area contributed by atoms with E-state index in [1.54, 1.807) is 10.9 Å². The molecule has 0 aliphatic carbocycles. The SMILES string of the molecule is CC(Cn1cccn1)NC(=O)C(C)CN. The Morgan fingerprint density at radius 3 is 2.87 bits per heavy atom. The molecule has 1 amide bonds. The Morgan fingerprint density at radius 2 is 2.33 bits per heavy atom. The molecular weight excluding hydrogens is 192 g/mol. The first-order valence-corrected chi connectivity index (χ1v) is 5.11. The van der Waals surface area contributed by atoms with E-state index in [2.05, 4.69) is 10.4 Å². The van der Waals surface area contributed by atoms with Crippen LogP contribution >= 0.6 is 0 Å². The van der Waals surface area contributed by atoms with E-state index in [4.69, 9.17) is 5.73 Å². The molecular formula is C10H18N4O. The largest absolute Gasteiger partial charge is 0.352 e. The zero-order chi connectivity index (χ0) is 11.3. The summed E-state index contributed by atoms with van der Waals surface area (Å²) in [5.74, 6) is -0.137. The Morgan fingerprint density at radius 1 is 1.60 bits per heavy atom. The molecule has 84 valence electrons. The van der Waals surface area contributed by atoms with Gasteiger partial charge in [0, 0.05) is 30.9 Å². The molecule has 1 heterocycles. The summed E-state index contributed by atoms with van der Waals surface area (Å²) in [6.07, 6.45) is 3.59. The second-order valence-corrected chi connectivity index (χ2v) is 3.77. The van der Waals surface area contributed by atoms with Crippen LogP contribution in [0.15, 0.2) is 18.5 Å². The molecule has 15 heavy (non-hydrogen) atoms. The van der Waals surface area contributed by atoms with Crippen molar-refractivity contribution < 1.29 is 4.79 Å². The van der Waals surface area contributed by atoms with Gasteiger partial charge in [0.05, 0.1) is 6.54 Å². The zero-order valence-corrected chi connectivity index (χ0v) is 9.18. The maximum Gasteiger partial charge on any atom is 0.224 e. The normalized spacial score (nSPS) is 14.6. The maximum atomic E-state index is 11.5. The van der Waals surface area contributed by atoms with Gasteiger partial charge in [-0.1, -0.05) is 6.92 Å². The number of hydrogen-bond donors (Lipinski definition) is 2. The van der Waals surface area contributed by atoms with Crippen molar-refractivity contribution in [1.82, 2.24) is 15.1 Å². The number of nitrogens with zero attached hydrogens (tertiary/aromatic N) is 2. The minimum atomic E-state index is -0.134. The molecule has 0 aliphatic rings. The fourth-order valence-electron chi connectivity index (χ4n) is 1.23.